The molecule has 1 atom stereocenters. The molecule has 246 valence electrons. The number of carbonyl (C=O) groups is 3. The molecule has 1 aliphatic heterocycles. The monoisotopic (exact) mass is 660 g/mol. The summed E-state index contributed by atoms with van der Waals surface area (Å²) < 4.78 is 63.0. The fraction of sp³-hybridized carbons (Fsp3) is 0.367. The van der Waals surface area contributed by atoms with Gasteiger partial charge in [-0.15, -0.1) is 0 Å². The fourth-order valence-corrected chi connectivity index (χ4v) is 6.15. The van der Waals surface area contributed by atoms with E-state index in [1.54, 1.807) is 23.4 Å². The molecule has 1 aromatic heterocycles. The van der Waals surface area contributed by atoms with Gasteiger partial charge in [-0.05, 0) is 76.1 Å². The number of halogens is 2. The van der Waals surface area contributed by atoms with Gasteiger partial charge in [-0.3, -0.25) is 4.79 Å². The molecule has 1 saturated heterocycles. The summed E-state index contributed by atoms with van der Waals surface area (Å²) >= 11 is 0. The second-order valence-corrected chi connectivity index (χ2v) is 13.9. The molecule has 1 amide bonds. The smallest absolute Gasteiger partial charge is 0.344 e. The number of rotatable bonds is 10. The Morgan fingerprint density at radius 2 is 1.63 bits per heavy atom. The van der Waals surface area contributed by atoms with Gasteiger partial charge in [0.05, 0.1) is 28.3 Å². The van der Waals surface area contributed by atoms with Gasteiger partial charge in [0.1, 0.15) is 5.60 Å². The molecule has 1 aliphatic rings. The molecule has 0 saturated carbocycles. The number of aromatic carboxylic acids is 1. The summed E-state index contributed by atoms with van der Waals surface area (Å²) in [5, 5.41) is 14.5. The molecule has 4 rings (SSSR count). The maximum Gasteiger partial charge on any atom is 0.344 e. The lowest BCUT2D eigenvalue weighted by molar-refractivity contribution is -0.157. The average Bonchev–Trinajstić information content (AvgIpc) is 3.01. The predicted octanol–water partition coefficient (Wildman–Crippen LogP) is 2.73. The topological polar surface area (TPSA) is 194 Å². The Balaban J connectivity index is 1.51. The number of esters is 1. The van der Waals surface area contributed by atoms with Crippen molar-refractivity contribution in [2.45, 2.75) is 55.0 Å². The van der Waals surface area contributed by atoms with E-state index in [2.05, 4.69) is 20.6 Å². The third-order valence-corrected chi connectivity index (χ3v) is 9.35. The fourth-order valence-electron chi connectivity index (χ4n) is 4.71. The zero-order valence-electron chi connectivity index (χ0n) is 25.3. The van der Waals surface area contributed by atoms with Gasteiger partial charge in [-0.2, -0.15) is 0 Å². The third-order valence-electron chi connectivity index (χ3n) is 7.19. The Labute approximate surface area is 264 Å². The number of nitrogens with two attached hydrogens (primary N) is 1. The number of nitrogens with one attached hydrogen (secondary N) is 2. The van der Waals surface area contributed by atoms with E-state index in [9.17, 15) is 22.8 Å². The van der Waals surface area contributed by atoms with Crippen molar-refractivity contribution in [3.63, 3.8) is 0 Å². The van der Waals surface area contributed by atoms with Crippen molar-refractivity contribution in [1.82, 2.24) is 15.3 Å². The van der Waals surface area contributed by atoms with Gasteiger partial charge in [-0.25, -0.2) is 36.8 Å². The van der Waals surface area contributed by atoms with Gasteiger partial charge < -0.3 is 31.1 Å². The second kappa shape index (κ2) is 13.3. The van der Waals surface area contributed by atoms with E-state index in [0.29, 0.717) is 31.9 Å². The lowest BCUT2D eigenvalue weighted by Crippen LogP contribution is -2.62. The minimum Gasteiger partial charge on any atom is -0.478 e. The molecule has 46 heavy (non-hydrogen) atoms. The molecule has 0 spiro atoms. The van der Waals surface area contributed by atoms with Crippen molar-refractivity contribution in [3.8, 4) is 0 Å². The molecule has 16 heteroatoms. The van der Waals surface area contributed by atoms with Gasteiger partial charge in [0, 0.05) is 31.5 Å². The largest absolute Gasteiger partial charge is 0.478 e. The molecule has 0 aliphatic carbocycles. The van der Waals surface area contributed by atoms with Crippen LogP contribution in [0.2, 0.25) is 0 Å². The molecule has 2 aromatic carbocycles. The van der Waals surface area contributed by atoms with Gasteiger partial charge in [-0.1, -0.05) is 0 Å². The van der Waals surface area contributed by atoms with Gasteiger partial charge in [0.2, 0.25) is 20.7 Å². The predicted molar refractivity (Wildman–Crippen MR) is 163 cm³/mol. The highest BCUT2D eigenvalue weighted by molar-refractivity contribution is 7.93. The van der Waals surface area contributed by atoms with E-state index in [1.165, 1.54) is 26.8 Å². The normalized spacial score (nSPS) is 15.5. The third kappa shape index (κ3) is 7.39. The maximum absolute atomic E-state index is 15.3. The van der Waals surface area contributed by atoms with Crippen LogP contribution in [0.25, 0.3) is 0 Å². The van der Waals surface area contributed by atoms with E-state index in [0.717, 1.165) is 30.3 Å². The van der Waals surface area contributed by atoms with Gasteiger partial charge in [0.15, 0.2) is 11.6 Å². The molecule has 5 N–H and O–H groups in total. The quantitative estimate of drug-likeness (QED) is 0.233. The SMILES string of the molecule is CC(C)(C)OC(=O)[C@](N)(CNC(=O)c1ccc(N2CCC(Nc3ncccn3)CC2)c(F)c1F)S(=O)(=O)c1ccc(C(=O)O)cc1. The van der Waals surface area contributed by atoms with Crippen LogP contribution in [0.1, 0.15) is 54.3 Å². The lowest BCUT2D eigenvalue weighted by Gasteiger charge is -2.34. The van der Waals surface area contributed by atoms with Crippen molar-refractivity contribution in [2.24, 2.45) is 5.73 Å². The van der Waals surface area contributed by atoms with Crippen LogP contribution in [0, 0.1) is 11.6 Å². The number of benzene rings is 2. The van der Waals surface area contributed by atoms with Crippen molar-refractivity contribution in [3.05, 3.63) is 77.6 Å². The van der Waals surface area contributed by atoms with Crippen LogP contribution in [0.3, 0.4) is 0 Å². The lowest BCUT2D eigenvalue weighted by atomic mass is 10.0. The summed E-state index contributed by atoms with van der Waals surface area (Å²) in [6.07, 6.45) is 4.37. The standard InChI is InChI=1S/C30H34F2N6O7S/c1-29(2,3)45-27(42)30(33,46(43,44)20-7-5-18(6-8-20)26(40)41)17-36-25(39)21-9-10-22(24(32)23(21)31)38-15-11-19(12-16-38)37-28-34-13-4-14-35-28/h4-10,13-14,19H,11-12,15-17,33H2,1-3H3,(H,36,39)(H,40,41)(H,34,35,37)/t30-/m0/s1. The van der Waals surface area contributed by atoms with E-state index in [1.807, 2.05) is 0 Å². The number of carboxylic acid groups (broad SMARTS) is 1. The number of aromatic nitrogens is 2. The van der Waals surface area contributed by atoms with Crippen LogP contribution < -0.4 is 21.3 Å². The Morgan fingerprint density at radius 3 is 2.20 bits per heavy atom. The van der Waals surface area contributed by atoms with Crippen LogP contribution in [0.15, 0.2) is 59.8 Å². The molecule has 0 bridgehead atoms. The Kier molecular flexibility index (Phi) is 9.91. The number of carboxylic acids is 1. The number of hydrogen-bond donors (Lipinski definition) is 4. The van der Waals surface area contributed by atoms with E-state index in [4.69, 9.17) is 15.6 Å². The zero-order chi connectivity index (χ0) is 33.9. The first-order chi connectivity index (χ1) is 21.5. The molecular weight excluding hydrogens is 626 g/mol. The zero-order valence-corrected chi connectivity index (χ0v) is 26.1. The van der Waals surface area contributed by atoms with E-state index in [-0.39, 0.29) is 17.3 Å². The number of amides is 1. The summed E-state index contributed by atoms with van der Waals surface area (Å²) in [4.78, 5) is 43.8. The molecule has 2 heterocycles. The first-order valence-electron chi connectivity index (χ1n) is 14.2. The number of piperidine rings is 1. The number of ether oxygens (including phenoxy) is 1. The molecular formula is C30H34F2N6O7S. The highest BCUT2D eigenvalue weighted by Gasteiger charge is 2.51. The Bertz CT molecular complexity index is 1710. The number of nitrogens with zero attached hydrogens (tertiary/aromatic N) is 3. The summed E-state index contributed by atoms with van der Waals surface area (Å²) in [6, 6.07) is 7.88. The van der Waals surface area contributed by atoms with Crippen LogP contribution in [0.4, 0.5) is 20.4 Å². The highest BCUT2D eigenvalue weighted by Crippen LogP contribution is 2.29. The molecule has 0 unspecified atom stereocenters. The summed E-state index contributed by atoms with van der Waals surface area (Å²) in [5.41, 5.74) is 3.93. The Hall–Kier alpha value is -4.70. The minimum atomic E-state index is -4.85. The van der Waals surface area contributed by atoms with Crippen LogP contribution in [0.5, 0.6) is 0 Å². The average molecular weight is 661 g/mol. The van der Waals surface area contributed by atoms with Crippen LogP contribution in [-0.4, -0.2) is 77.5 Å². The van der Waals surface area contributed by atoms with Gasteiger partial charge in [0.25, 0.3) is 5.91 Å². The number of sulfone groups is 1. The van der Waals surface area contributed by atoms with Crippen molar-refractivity contribution in [1.29, 1.82) is 0 Å². The van der Waals surface area contributed by atoms with E-state index < -0.39 is 66.8 Å². The summed E-state index contributed by atoms with van der Waals surface area (Å²) in [7, 11) is -4.85. The minimum absolute atomic E-state index is 0.0181. The molecule has 3 aromatic rings. The van der Waals surface area contributed by atoms with Crippen molar-refractivity contribution in [2.75, 3.05) is 29.9 Å². The summed E-state index contributed by atoms with van der Waals surface area (Å²) in [6.45, 7) is 4.07. The molecule has 0 radical (unpaired) electrons. The molecule has 13 nitrogen and oxygen atoms in total. The number of carbonyl (C=O) groups excluding carboxylic acids is 2. The summed E-state index contributed by atoms with van der Waals surface area (Å²) in [5.74, 6) is -6.26. The highest BCUT2D eigenvalue weighted by atomic mass is 32.2. The van der Waals surface area contributed by atoms with E-state index >= 15 is 8.78 Å². The maximum atomic E-state index is 15.3. The van der Waals surface area contributed by atoms with Crippen molar-refractivity contribution < 1.29 is 41.4 Å². The molecule has 1 fully saturated rings. The van der Waals surface area contributed by atoms with Crippen LogP contribution >= 0.6 is 0 Å². The second-order valence-electron chi connectivity index (χ2n) is 11.6. The van der Waals surface area contributed by atoms with Crippen LogP contribution in [-0.2, 0) is 19.4 Å². The number of anilines is 2. The van der Waals surface area contributed by atoms with Gasteiger partial charge >= 0.3 is 11.9 Å². The first kappa shape index (κ1) is 34.2. The first-order valence-corrected chi connectivity index (χ1v) is 15.7. The Morgan fingerprint density at radius 1 is 1.02 bits per heavy atom. The van der Waals surface area contributed by atoms with Crippen molar-refractivity contribution >= 4 is 39.3 Å². The number of hydrogen-bond acceptors (Lipinski definition) is 11.